The van der Waals surface area contributed by atoms with Crippen LogP contribution in [0.2, 0.25) is 0 Å². The smallest absolute Gasteiger partial charge is 0.222 e. The minimum atomic E-state index is 0.299. The van der Waals surface area contributed by atoms with Crippen LogP contribution in [0, 0.1) is 70.0 Å². The molecule has 6 fully saturated rings. The van der Waals surface area contributed by atoms with Crippen LogP contribution in [0.15, 0.2) is 60.9 Å². The second-order valence-electron chi connectivity index (χ2n) is 17.8. The van der Waals surface area contributed by atoms with Gasteiger partial charge in [-0.25, -0.2) is 0 Å². The number of fused-ring (bicyclic) bond motifs is 4. The third-order valence-electron chi connectivity index (χ3n) is 14.1. The topological polar surface area (TPSA) is 138 Å². The molecule has 4 aromatic rings. The Bertz CT molecular complexity index is 2070. The first-order valence-electron chi connectivity index (χ1n) is 20.8. The summed E-state index contributed by atoms with van der Waals surface area (Å²) in [6.07, 6.45) is 7.05. The number of nitrogens with one attached hydrogen (secondary N) is 2. The Labute approximate surface area is 329 Å². The van der Waals surface area contributed by atoms with Crippen molar-refractivity contribution in [2.45, 2.75) is 51.4 Å². The summed E-state index contributed by atoms with van der Waals surface area (Å²) in [5.41, 5.74) is 5.22. The van der Waals surface area contributed by atoms with Gasteiger partial charge in [-0.3, -0.25) is 19.6 Å². The molecule has 10 rings (SSSR count). The number of nitriles is 2. The van der Waals surface area contributed by atoms with Crippen molar-refractivity contribution in [1.82, 2.24) is 30.4 Å². The summed E-state index contributed by atoms with van der Waals surface area (Å²) in [6, 6.07) is 20.4. The summed E-state index contributed by atoms with van der Waals surface area (Å²) >= 11 is 0. The van der Waals surface area contributed by atoms with Crippen LogP contribution in [0.5, 0.6) is 0 Å². The van der Waals surface area contributed by atoms with Crippen molar-refractivity contribution in [2.24, 2.45) is 47.3 Å². The number of hydrogen-bond donors (Lipinski definition) is 2. The summed E-state index contributed by atoms with van der Waals surface area (Å²) in [6.45, 7) is 12.1. The lowest BCUT2D eigenvalue weighted by Gasteiger charge is -2.37. The van der Waals surface area contributed by atoms with Gasteiger partial charge in [0.2, 0.25) is 11.8 Å². The van der Waals surface area contributed by atoms with E-state index in [0.717, 1.165) is 111 Å². The molecule has 4 saturated heterocycles. The molecule has 56 heavy (non-hydrogen) atoms. The quantitative estimate of drug-likeness (QED) is 0.252. The van der Waals surface area contributed by atoms with Gasteiger partial charge in [-0.2, -0.15) is 10.5 Å². The van der Waals surface area contributed by atoms with E-state index in [0.29, 0.717) is 71.3 Å². The molecule has 2 N–H and O–H groups in total. The number of nitrogens with zero attached hydrogens (tertiary/aromatic N) is 6. The molecular formula is C46H52N8O2. The lowest BCUT2D eigenvalue weighted by molar-refractivity contribution is -0.134. The van der Waals surface area contributed by atoms with E-state index in [-0.39, 0.29) is 0 Å². The van der Waals surface area contributed by atoms with Gasteiger partial charge in [-0.1, -0.05) is 38.1 Å². The SMILES string of the molecule is C[C@@H]1C[C@@H](c2ccc(C#N)c3ncccc23)CN(C(=O)CC2[C@H]3CNC[C@@H]23)C1.C[C@@H]1C[C@H](c2ccc(C#N)c3ncccc23)CN(C(=O)CC2[C@H]3CNC[C@@H]23)C1. The van der Waals surface area contributed by atoms with Crippen LogP contribution in [0.4, 0.5) is 0 Å². The molecule has 2 aliphatic carbocycles. The second-order valence-corrected chi connectivity index (χ2v) is 17.8. The number of rotatable bonds is 6. The second kappa shape index (κ2) is 15.2. The molecule has 6 aliphatic rings. The van der Waals surface area contributed by atoms with Gasteiger partial charge in [0, 0.05) is 74.0 Å². The molecule has 2 unspecified atom stereocenters. The normalized spacial score (nSPS) is 31.4. The van der Waals surface area contributed by atoms with E-state index in [2.05, 4.69) is 80.7 Å². The van der Waals surface area contributed by atoms with Crippen LogP contribution < -0.4 is 10.6 Å². The maximum absolute atomic E-state index is 13.0. The monoisotopic (exact) mass is 748 g/mol. The van der Waals surface area contributed by atoms with Crippen molar-refractivity contribution in [1.29, 1.82) is 10.5 Å². The van der Waals surface area contributed by atoms with Gasteiger partial charge in [-0.15, -0.1) is 0 Å². The minimum Gasteiger partial charge on any atom is -0.342 e. The average molecular weight is 749 g/mol. The number of amides is 2. The lowest BCUT2D eigenvalue weighted by atomic mass is 9.83. The van der Waals surface area contributed by atoms with Crippen molar-refractivity contribution in [3.05, 3.63) is 83.2 Å². The molecule has 2 aromatic heterocycles. The maximum atomic E-state index is 13.0. The van der Waals surface area contributed by atoms with Crippen LogP contribution >= 0.6 is 0 Å². The highest BCUT2D eigenvalue weighted by atomic mass is 16.2. The largest absolute Gasteiger partial charge is 0.342 e. The van der Waals surface area contributed by atoms with E-state index in [4.69, 9.17) is 0 Å². The van der Waals surface area contributed by atoms with Gasteiger partial charge in [0.25, 0.3) is 0 Å². The number of aromatic nitrogens is 2. The first-order chi connectivity index (χ1) is 27.3. The summed E-state index contributed by atoms with van der Waals surface area (Å²) in [4.78, 5) is 39.1. The van der Waals surface area contributed by atoms with Gasteiger partial charge in [-0.05, 0) is 122 Å². The fourth-order valence-corrected chi connectivity index (χ4v) is 11.2. The summed E-state index contributed by atoms with van der Waals surface area (Å²) in [5.74, 6) is 6.33. The Morgan fingerprint density at radius 3 is 1.45 bits per heavy atom. The van der Waals surface area contributed by atoms with E-state index in [9.17, 15) is 20.1 Å². The van der Waals surface area contributed by atoms with E-state index in [1.165, 1.54) is 11.1 Å². The summed E-state index contributed by atoms with van der Waals surface area (Å²) in [5, 5.41) is 27.7. The Hall–Kier alpha value is -4.90. The fourth-order valence-electron chi connectivity index (χ4n) is 11.2. The third-order valence-corrected chi connectivity index (χ3v) is 14.1. The van der Waals surface area contributed by atoms with Crippen LogP contribution in [-0.4, -0.2) is 83.9 Å². The first kappa shape index (κ1) is 36.7. The van der Waals surface area contributed by atoms with E-state index in [1.807, 2.05) is 24.3 Å². The van der Waals surface area contributed by atoms with Crippen molar-refractivity contribution in [2.75, 3.05) is 52.4 Å². The molecule has 6 heterocycles. The lowest BCUT2D eigenvalue weighted by Crippen LogP contribution is -2.43. The van der Waals surface area contributed by atoms with E-state index in [1.54, 1.807) is 12.4 Å². The standard InChI is InChI=1S/2C23H26N4O/c2*1-14-7-16(17-5-4-15(9-24)23-18(17)3-2-6-26-23)13-27(12-14)22(28)8-19-20-10-25-11-21(19)20/h2*2-6,14,16,19-21,25H,7-8,10-13H2,1H3/t14-,16+,19?,20-,21+;14-,16-,19?,20-,21+/m11/s1. The Morgan fingerprint density at radius 1 is 0.643 bits per heavy atom. The number of carbonyl (C=O) groups excluding carboxylic acids is 2. The summed E-state index contributed by atoms with van der Waals surface area (Å²) in [7, 11) is 0. The zero-order chi connectivity index (χ0) is 38.5. The van der Waals surface area contributed by atoms with Gasteiger partial charge < -0.3 is 20.4 Å². The average Bonchev–Trinajstić information content (AvgIpc) is 3.80. The zero-order valence-corrected chi connectivity index (χ0v) is 32.5. The molecule has 2 aromatic carbocycles. The van der Waals surface area contributed by atoms with Gasteiger partial charge in [0.05, 0.1) is 22.2 Å². The highest BCUT2D eigenvalue weighted by molar-refractivity contribution is 5.88. The Balaban J connectivity index is 0.000000146. The third kappa shape index (κ3) is 7.03. The van der Waals surface area contributed by atoms with Gasteiger partial charge in [0.1, 0.15) is 12.1 Å². The first-order valence-corrected chi connectivity index (χ1v) is 20.8. The van der Waals surface area contributed by atoms with Gasteiger partial charge >= 0.3 is 0 Å². The van der Waals surface area contributed by atoms with Crippen LogP contribution in [-0.2, 0) is 9.59 Å². The zero-order valence-electron chi connectivity index (χ0n) is 32.5. The molecule has 288 valence electrons. The van der Waals surface area contributed by atoms with E-state index >= 15 is 0 Å². The minimum absolute atomic E-state index is 0.299. The predicted octanol–water partition coefficient (Wildman–Crippen LogP) is 5.83. The van der Waals surface area contributed by atoms with Crippen molar-refractivity contribution < 1.29 is 9.59 Å². The highest BCUT2D eigenvalue weighted by Gasteiger charge is 2.54. The highest BCUT2D eigenvalue weighted by Crippen LogP contribution is 2.52. The number of piperidine rings is 4. The number of hydrogen-bond acceptors (Lipinski definition) is 8. The van der Waals surface area contributed by atoms with Crippen molar-refractivity contribution >= 4 is 33.6 Å². The van der Waals surface area contributed by atoms with Crippen molar-refractivity contribution in [3.8, 4) is 12.1 Å². The number of pyridine rings is 2. The van der Waals surface area contributed by atoms with Crippen LogP contribution in [0.3, 0.4) is 0 Å². The molecule has 0 spiro atoms. The molecule has 10 heteroatoms. The summed E-state index contributed by atoms with van der Waals surface area (Å²) < 4.78 is 0. The fraction of sp³-hybridized carbons (Fsp3) is 0.522. The van der Waals surface area contributed by atoms with Crippen LogP contribution in [0.25, 0.3) is 21.8 Å². The molecule has 2 amide bonds. The molecule has 0 radical (unpaired) electrons. The number of likely N-dealkylation sites (tertiary alicyclic amines) is 2. The molecule has 10 nitrogen and oxygen atoms in total. The van der Waals surface area contributed by atoms with E-state index < -0.39 is 0 Å². The Morgan fingerprint density at radius 2 is 1.05 bits per heavy atom. The molecule has 2 saturated carbocycles. The van der Waals surface area contributed by atoms with Crippen LogP contribution in [0.1, 0.15) is 73.6 Å². The molecule has 10 atom stereocenters. The number of carbonyl (C=O) groups is 2. The molecule has 4 aliphatic heterocycles. The maximum Gasteiger partial charge on any atom is 0.222 e. The molecule has 0 bridgehead atoms. The molecular weight excluding hydrogens is 697 g/mol. The number of benzene rings is 2. The van der Waals surface area contributed by atoms with Crippen molar-refractivity contribution in [3.63, 3.8) is 0 Å². The predicted molar refractivity (Wildman–Crippen MR) is 215 cm³/mol. The Kier molecular flexibility index (Phi) is 9.98. The van der Waals surface area contributed by atoms with Gasteiger partial charge in [0.15, 0.2) is 0 Å².